The highest BCUT2D eigenvalue weighted by atomic mass is 35.5. The number of aromatic nitrogens is 2. The fourth-order valence-electron chi connectivity index (χ4n) is 2.92. The van der Waals surface area contributed by atoms with Crippen LogP contribution < -0.4 is 5.32 Å². The number of halogens is 2. The van der Waals surface area contributed by atoms with Gasteiger partial charge in [-0.15, -0.1) is 0 Å². The predicted octanol–water partition coefficient (Wildman–Crippen LogP) is 4.78. The van der Waals surface area contributed by atoms with E-state index >= 15 is 0 Å². The van der Waals surface area contributed by atoms with Gasteiger partial charge in [-0.25, -0.2) is 9.37 Å². The summed E-state index contributed by atoms with van der Waals surface area (Å²) in [5, 5.41) is 2.77. The van der Waals surface area contributed by atoms with E-state index in [1.807, 2.05) is 0 Å². The van der Waals surface area contributed by atoms with Crippen molar-refractivity contribution < 1.29 is 18.8 Å². The molecule has 3 aromatic rings. The van der Waals surface area contributed by atoms with Gasteiger partial charge in [0.05, 0.1) is 5.02 Å². The van der Waals surface area contributed by atoms with E-state index in [4.69, 9.17) is 11.6 Å². The number of benzene rings is 2. The minimum absolute atomic E-state index is 0.0659. The number of hydrogen-bond acceptors (Lipinski definition) is 4. The molecule has 1 aromatic heterocycles. The fraction of sp³-hybridized carbons (Fsp3) is 0.182. The Bertz CT molecular complexity index is 1120. The van der Waals surface area contributed by atoms with Crippen LogP contribution in [0.5, 0.6) is 0 Å². The number of imidazole rings is 1. The van der Waals surface area contributed by atoms with Crippen molar-refractivity contribution in [2.75, 3.05) is 5.32 Å². The molecule has 0 bridgehead atoms. The van der Waals surface area contributed by atoms with Crippen LogP contribution in [0.1, 0.15) is 56.1 Å². The first-order chi connectivity index (χ1) is 14.3. The number of anilines is 1. The summed E-state index contributed by atoms with van der Waals surface area (Å²) in [5.41, 5.74) is 1.68. The summed E-state index contributed by atoms with van der Waals surface area (Å²) in [6, 6.07) is 10.3. The number of nitrogens with zero attached hydrogens (tertiary/aromatic N) is 1. The topological polar surface area (TPSA) is 91.9 Å². The third-order valence-corrected chi connectivity index (χ3v) is 4.76. The van der Waals surface area contributed by atoms with Gasteiger partial charge >= 0.3 is 0 Å². The molecule has 1 amide bonds. The van der Waals surface area contributed by atoms with Gasteiger partial charge in [0.25, 0.3) is 5.91 Å². The van der Waals surface area contributed by atoms with Crippen LogP contribution in [0.15, 0.2) is 42.5 Å². The zero-order chi connectivity index (χ0) is 21.8. The molecule has 30 heavy (non-hydrogen) atoms. The average molecular weight is 428 g/mol. The molecule has 0 unspecified atom stereocenters. The third-order valence-electron chi connectivity index (χ3n) is 4.44. The molecule has 0 aliphatic rings. The molecule has 0 saturated heterocycles. The van der Waals surface area contributed by atoms with E-state index in [1.165, 1.54) is 12.1 Å². The first kappa shape index (κ1) is 21.4. The van der Waals surface area contributed by atoms with Crippen LogP contribution in [0.4, 0.5) is 10.1 Å². The van der Waals surface area contributed by atoms with E-state index in [0.717, 1.165) is 6.07 Å². The summed E-state index contributed by atoms with van der Waals surface area (Å²) in [5.74, 6) is -0.974. The SMILES string of the molecule is CCC(=O)c1nc(C)[nH]c1C(=O)Nc1ccc(CC(=O)c2ccc(F)cc2Cl)cc1. The minimum Gasteiger partial charge on any atom is -0.338 e. The second-order valence-electron chi connectivity index (χ2n) is 6.70. The highest BCUT2D eigenvalue weighted by Gasteiger charge is 2.21. The predicted molar refractivity (Wildman–Crippen MR) is 112 cm³/mol. The Balaban J connectivity index is 1.70. The smallest absolute Gasteiger partial charge is 0.274 e. The number of nitrogens with one attached hydrogen (secondary N) is 2. The summed E-state index contributed by atoms with van der Waals surface area (Å²) in [6.45, 7) is 3.37. The van der Waals surface area contributed by atoms with E-state index in [9.17, 15) is 18.8 Å². The van der Waals surface area contributed by atoms with Crippen LogP contribution in [-0.2, 0) is 6.42 Å². The number of H-pyrrole nitrogens is 1. The van der Waals surface area contributed by atoms with Gasteiger partial charge in [0.2, 0.25) is 0 Å². The van der Waals surface area contributed by atoms with Crippen molar-refractivity contribution in [2.45, 2.75) is 26.7 Å². The lowest BCUT2D eigenvalue weighted by atomic mass is 10.0. The van der Waals surface area contributed by atoms with Gasteiger partial charge < -0.3 is 10.3 Å². The summed E-state index contributed by atoms with van der Waals surface area (Å²) in [7, 11) is 0. The first-order valence-corrected chi connectivity index (χ1v) is 9.64. The number of rotatable bonds is 7. The third kappa shape index (κ3) is 4.80. The van der Waals surface area contributed by atoms with Crippen LogP contribution >= 0.6 is 11.6 Å². The van der Waals surface area contributed by atoms with Gasteiger partial charge in [-0.05, 0) is 42.8 Å². The van der Waals surface area contributed by atoms with E-state index < -0.39 is 11.7 Å². The molecule has 0 aliphatic carbocycles. The maximum atomic E-state index is 13.1. The molecular formula is C22H19ClFN3O3. The Labute approximate surface area is 177 Å². The van der Waals surface area contributed by atoms with Crippen molar-refractivity contribution in [1.82, 2.24) is 9.97 Å². The second-order valence-corrected chi connectivity index (χ2v) is 7.10. The van der Waals surface area contributed by atoms with Crippen LogP contribution in [0.25, 0.3) is 0 Å². The number of carbonyl (C=O) groups excluding carboxylic acids is 3. The Morgan fingerprint density at radius 3 is 2.43 bits per heavy atom. The van der Waals surface area contributed by atoms with Crippen LogP contribution in [0.3, 0.4) is 0 Å². The monoisotopic (exact) mass is 427 g/mol. The summed E-state index contributed by atoms with van der Waals surface area (Å²) in [6.07, 6.45) is 0.319. The standard InChI is InChI=1S/C22H19ClFN3O3/c1-3-18(28)20-21(26-12(2)25-20)22(30)27-15-7-4-13(5-8-15)10-19(29)16-9-6-14(24)11-17(16)23/h4-9,11H,3,10H2,1-2H3,(H,25,26)(H,27,30). The Morgan fingerprint density at radius 2 is 1.80 bits per heavy atom. The van der Waals surface area contributed by atoms with Crippen LogP contribution in [0, 0.1) is 12.7 Å². The van der Waals surface area contributed by atoms with E-state index in [1.54, 1.807) is 38.1 Å². The van der Waals surface area contributed by atoms with Gasteiger partial charge in [0.1, 0.15) is 23.0 Å². The minimum atomic E-state index is -0.507. The lowest BCUT2D eigenvalue weighted by Crippen LogP contribution is -2.16. The molecule has 2 aromatic carbocycles. The quantitative estimate of drug-likeness (QED) is 0.531. The molecular weight excluding hydrogens is 409 g/mol. The molecule has 0 atom stereocenters. The summed E-state index contributed by atoms with van der Waals surface area (Å²) in [4.78, 5) is 43.9. The number of carbonyl (C=O) groups is 3. The number of ketones is 2. The molecule has 154 valence electrons. The van der Waals surface area contributed by atoms with Crippen molar-refractivity contribution in [1.29, 1.82) is 0 Å². The van der Waals surface area contributed by atoms with Crippen molar-refractivity contribution in [3.8, 4) is 0 Å². The molecule has 6 nitrogen and oxygen atoms in total. The van der Waals surface area contributed by atoms with E-state index in [0.29, 0.717) is 17.1 Å². The van der Waals surface area contributed by atoms with Crippen LogP contribution in [0.2, 0.25) is 5.02 Å². The van der Waals surface area contributed by atoms with Gasteiger partial charge in [-0.1, -0.05) is 30.7 Å². The highest BCUT2D eigenvalue weighted by molar-refractivity contribution is 6.34. The number of amides is 1. The normalized spacial score (nSPS) is 10.7. The maximum Gasteiger partial charge on any atom is 0.274 e. The van der Waals surface area contributed by atoms with Gasteiger partial charge in [0.15, 0.2) is 11.6 Å². The fourth-order valence-corrected chi connectivity index (χ4v) is 3.19. The van der Waals surface area contributed by atoms with E-state index in [2.05, 4.69) is 15.3 Å². The summed E-state index contributed by atoms with van der Waals surface area (Å²) >= 11 is 5.94. The zero-order valence-electron chi connectivity index (χ0n) is 16.4. The highest BCUT2D eigenvalue weighted by Crippen LogP contribution is 2.20. The molecule has 0 fully saturated rings. The number of aryl methyl sites for hydroxylation is 1. The number of aromatic amines is 1. The van der Waals surface area contributed by atoms with Crippen molar-refractivity contribution in [3.63, 3.8) is 0 Å². The lowest BCUT2D eigenvalue weighted by Gasteiger charge is -2.07. The molecule has 8 heteroatoms. The van der Waals surface area contributed by atoms with Gasteiger partial charge in [0, 0.05) is 24.1 Å². The molecule has 0 aliphatic heterocycles. The van der Waals surface area contributed by atoms with Crippen LogP contribution in [-0.4, -0.2) is 27.4 Å². The first-order valence-electron chi connectivity index (χ1n) is 9.26. The van der Waals surface area contributed by atoms with Gasteiger partial charge in [-0.3, -0.25) is 14.4 Å². The van der Waals surface area contributed by atoms with Crippen molar-refractivity contribution >= 4 is 34.8 Å². The molecule has 0 spiro atoms. The molecule has 1 heterocycles. The van der Waals surface area contributed by atoms with Crippen molar-refractivity contribution in [3.05, 3.63) is 81.6 Å². The Morgan fingerprint density at radius 1 is 1.10 bits per heavy atom. The lowest BCUT2D eigenvalue weighted by molar-refractivity contribution is 0.0963. The molecule has 0 radical (unpaired) electrons. The number of Topliss-reactive ketones (excluding diaryl/α,β-unsaturated/α-hetero) is 2. The van der Waals surface area contributed by atoms with Crippen molar-refractivity contribution in [2.24, 2.45) is 0 Å². The average Bonchev–Trinajstić information content (AvgIpc) is 3.10. The maximum absolute atomic E-state index is 13.1. The molecule has 2 N–H and O–H groups in total. The molecule has 3 rings (SSSR count). The van der Waals surface area contributed by atoms with Gasteiger partial charge in [-0.2, -0.15) is 0 Å². The van der Waals surface area contributed by atoms with E-state index in [-0.39, 0.29) is 46.4 Å². The second kappa shape index (κ2) is 9.00. The Hall–Kier alpha value is -3.32. The zero-order valence-corrected chi connectivity index (χ0v) is 17.1. The Kier molecular flexibility index (Phi) is 6.42. The largest absolute Gasteiger partial charge is 0.338 e. The number of hydrogen-bond donors (Lipinski definition) is 2. The summed E-state index contributed by atoms with van der Waals surface area (Å²) < 4.78 is 13.1. The molecule has 0 saturated carbocycles.